The summed E-state index contributed by atoms with van der Waals surface area (Å²) >= 11 is 0. The van der Waals surface area contributed by atoms with Gasteiger partial charge in [0.2, 0.25) is 0 Å². The number of aliphatic hydroxyl groups excluding tert-OH is 3. The van der Waals surface area contributed by atoms with Crippen LogP contribution in [0.5, 0.6) is 0 Å². The Kier molecular flexibility index (Phi) is 7.02. The zero-order valence-corrected chi connectivity index (χ0v) is 23.6. The second-order valence-electron chi connectivity index (χ2n) is 13.8. The van der Waals surface area contributed by atoms with Gasteiger partial charge in [0.25, 0.3) is 0 Å². The summed E-state index contributed by atoms with van der Waals surface area (Å²) in [6, 6.07) is 0. The van der Waals surface area contributed by atoms with Gasteiger partial charge in [-0.1, -0.05) is 13.8 Å². The van der Waals surface area contributed by atoms with E-state index in [2.05, 4.69) is 13.8 Å². The van der Waals surface area contributed by atoms with Crippen molar-refractivity contribution in [2.45, 2.75) is 121 Å². The van der Waals surface area contributed by atoms with E-state index in [0.717, 1.165) is 44.1 Å². The molecule has 220 valence electrons. The Labute approximate surface area is 230 Å². The summed E-state index contributed by atoms with van der Waals surface area (Å²) in [4.78, 5) is 11.8. The number of carbonyl (C=O) groups excluding carboxylic acids is 1. The minimum Gasteiger partial charge on any atom is -0.458 e. The highest BCUT2D eigenvalue weighted by Gasteiger charge is 2.69. The van der Waals surface area contributed by atoms with Crippen molar-refractivity contribution >= 4 is 5.97 Å². The van der Waals surface area contributed by atoms with Gasteiger partial charge in [-0.05, 0) is 86.5 Å². The third-order valence-electron chi connectivity index (χ3n) is 12.4. The molecule has 0 amide bonds. The van der Waals surface area contributed by atoms with Gasteiger partial charge in [0.1, 0.15) is 24.9 Å². The van der Waals surface area contributed by atoms with Gasteiger partial charge in [0.15, 0.2) is 6.29 Å². The molecule has 4 N–H and O–H groups in total. The van der Waals surface area contributed by atoms with E-state index in [1.165, 1.54) is 7.11 Å². The summed E-state index contributed by atoms with van der Waals surface area (Å²) in [5, 5.41) is 45.2. The zero-order chi connectivity index (χ0) is 27.9. The van der Waals surface area contributed by atoms with E-state index >= 15 is 0 Å². The fraction of sp³-hybridized carbons (Fsp3) is 0.900. The van der Waals surface area contributed by atoms with Gasteiger partial charge in [-0.3, -0.25) is 0 Å². The van der Waals surface area contributed by atoms with Gasteiger partial charge < -0.3 is 39.4 Å². The van der Waals surface area contributed by atoms with Crippen LogP contribution in [0.1, 0.15) is 72.1 Å². The lowest BCUT2D eigenvalue weighted by Gasteiger charge is -2.64. The molecule has 6 aliphatic rings. The molecule has 0 spiro atoms. The number of ether oxygens (including phenoxy) is 4. The highest BCUT2D eigenvalue weighted by atomic mass is 16.7. The van der Waals surface area contributed by atoms with Crippen molar-refractivity contribution in [3.63, 3.8) is 0 Å². The number of esters is 1. The normalized spacial score (nSPS) is 55.3. The average molecular weight is 551 g/mol. The fourth-order valence-electron chi connectivity index (χ4n) is 10.1. The minimum atomic E-state index is -1.13. The maximum atomic E-state index is 12.4. The molecule has 0 aromatic carbocycles. The number of carbonyl (C=O) groups is 1. The molecule has 6 rings (SSSR count). The molecule has 0 aromatic rings. The van der Waals surface area contributed by atoms with Gasteiger partial charge in [-0.25, -0.2) is 4.79 Å². The third kappa shape index (κ3) is 4.02. The monoisotopic (exact) mass is 550 g/mol. The van der Waals surface area contributed by atoms with Crippen LogP contribution in [0.15, 0.2) is 11.6 Å². The first kappa shape index (κ1) is 28.1. The Morgan fingerprint density at radius 1 is 1.00 bits per heavy atom. The third-order valence-corrected chi connectivity index (χ3v) is 12.4. The van der Waals surface area contributed by atoms with Crippen molar-refractivity contribution in [1.82, 2.24) is 0 Å². The average Bonchev–Trinajstić information content (AvgIpc) is 3.43. The van der Waals surface area contributed by atoms with E-state index in [0.29, 0.717) is 19.4 Å². The van der Waals surface area contributed by atoms with Crippen LogP contribution >= 0.6 is 0 Å². The lowest BCUT2D eigenvalue weighted by atomic mass is 9.42. The first-order chi connectivity index (χ1) is 18.4. The molecular weight excluding hydrogens is 504 g/mol. The standard InChI is InChI=1S/C30H46O9/c1-15-24(33)26(36-4)25(34)27(38-15)39-18-12-17-5-6-21-20(29(17,3)22(31)13-18)7-9-28(2)19(8-10-30(21,28)35)16-11-23(32)37-14-16/h11,15,17-22,24-27,31,33-35H,5-10,12-14H2,1-4H3/t15-,17-,18+,19-,20+,21-,22-,24-,25+,26-,27-,28+,29-,30-/m0/s1. The molecule has 0 radical (unpaired) electrons. The smallest absolute Gasteiger partial charge is 0.331 e. The number of rotatable bonds is 4. The second kappa shape index (κ2) is 9.75. The van der Waals surface area contributed by atoms with Crippen LogP contribution in [0.2, 0.25) is 0 Å². The number of fused-ring (bicyclic) bond motifs is 5. The quantitative estimate of drug-likeness (QED) is 0.307. The Balaban J connectivity index is 1.19. The molecule has 5 fully saturated rings. The molecule has 4 aliphatic carbocycles. The molecule has 2 heterocycles. The van der Waals surface area contributed by atoms with Crippen molar-refractivity contribution in [1.29, 1.82) is 0 Å². The van der Waals surface area contributed by atoms with E-state index in [1.54, 1.807) is 13.0 Å². The minimum absolute atomic E-state index is 0.0986. The Bertz CT molecular complexity index is 1000. The van der Waals surface area contributed by atoms with Crippen LogP contribution in [-0.2, 0) is 23.7 Å². The van der Waals surface area contributed by atoms with Crippen molar-refractivity contribution in [2.24, 2.45) is 34.5 Å². The summed E-state index contributed by atoms with van der Waals surface area (Å²) in [5.74, 6) is 0.393. The van der Waals surface area contributed by atoms with E-state index < -0.39 is 42.4 Å². The Hall–Kier alpha value is -1.07. The topological polar surface area (TPSA) is 135 Å². The van der Waals surface area contributed by atoms with Gasteiger partial charge >= 0.3 is 5.97 Å². The largest absolute Gasteiger partial charge is 0.458 e. The number of cyclic esters (lactones) is 1. The second-order valence-corrected chi connectivity index (χ2v) is 13.8. The molecule has 39 heavy (non-hydrogen) atoms. The summed E-state index contributed by atoms with van der Waals surface area (Å²) in [6.07, 6.45) is 2.74. The van der Waals surface area contributed by atoms with Crippen molar-refractivity contribution in [3.05, 3.63) is 11.6 Å². The molecule has 4 saturated carbocycles. The van der Waals surface area contributed by atoms with E-state index in [1.807, 2.05) is 0 Å². The predicted molar refractivity (Wildman–Crippen MR) is 139 cm³/mol. The summed E-state index contributed by atoms with van der Waals surface area (Å²) in [5.41, 5.74) is -0.455. The first-order valence-electron chi connectivity index (χ1n) is 14.9. The van der Waals surface area contributed by atoms with Crippen molar-refractivity contribution < 1.29 is 44.2 Å². The summed E-state index contributed by atoms with van der Waals surface area (Å²) in [7, 11) is 1.45. The van der Waals surface area contributed by atoms with E-state index in [-0.39, 0.29) is 46.6 Å². The number of hydrogen-bond acceptors (Lipinski definition) is 9. The van der Waals surface area contributed by atoms with Gasteiger partial charge in [-0.15, -0.1) is 0 Å². The highest BCUT2D eigenvalue weighted by Crippen LogP contribution is 2.70. The first-order valence-corrected chi connectivity index (χ1v) is 14.9. The zero-order valence-electron chi connectivity index (χ0n) is 23.6. The van der Waals surface area contributed by atoms with Crippen LogP contribution in [0.3, 0.4) is 0 Å². The molecule has 0 aromatic heterocycles. The molecule has 14 atom stereocenters. The van der Waals surface area contributed by atoms with E-state index in [9.17, 15) is 25.2 Å². The number of methoxy groups -OCH3 is 1. The lowest BCUT2D eigenvalue weighted by Crippen LogP contribution is -2.65. The molecular formula is C30H46O9. The highest BCUT2D eigenvalue weighted by molar-refractivity contribution is 5.85. The summed E-state index contributed by atoms with van der Waals surface area (Å²) < 4.78 is 22.6. The Morgan fingerprint density at radius 3 is 2.46 bits per heavy atom. The SMILES string of the molecule is CO[C@H]1[C@@H](O)[C@H](C)O[C@@H](O[C@@H]2C[C@@H]3CC[C@H]4[C@@H](CC[C@]5(C)[C@H](C6=CC(=O)OC6)CC[C@]45O)[C@@]3(C)[C@@H](O)C2)[C@@H]1O. The maximum absolute atomic E-state index is 12.4. The molecule has 9 heteroatoms. The fourth-order valence-corrected chi connectivity index (χ4v) is 10.1. The van der Waals surface area contributed by atoms with Gasteiger partial charge in [-0.2, -0.15) is 0 Å². The van der Waals surface area contributed by atoms with Crippen LogP contribution < -0.4 is 0 Å². The van der Waals surface area contributed by atoms with Crippen LogP contribution in [0.25, 0.3) is 0 Å². The molecule has 0 unspecified atom stereocenters. The molecule has 0 bridgehead atoms. The van der Waals surface area contributed by atoms with Gasteiger partial charge in [0.05, 0.1) is 23.9 Å². The lowest BCUT2D eigenvalue weighted by molar-refractivity contribution is -0.317. The van der Waals surface area contributed by atoms with E-state index in [4.69, 9.17) is 18.9 Å². The predicted octanol–water partition coefficient (Wildman–Crippen LogP) is 2.08. The van der Waals surface area contributed by atoms with Gasteiger partial charge in [0, 0.05) is 25.0 Å². The molecule has 2 aliphatic heterocycles. The molecule has 1 saturated heterocycles. The van der Waals surface area contributed by atoms with Crippen LogP contribution in [0.4, 0.5) is 0 Å². The Morgan fingerprint density at radius 2 is 1.77 bits per heavy atom. The summed E-state index contributed by atoms with van der Waals surface area (Å²) in [6.45, 7) is 6.49. The molecule has 9 nitrogen and oxygen atoms in total. The van der Waals surface area contributed by atoms with Crippen molar-refractivity contribution in [2.75, 3.05) is 13.7 Å². The van der Waals surface area contributed by atoms with Crippen molar-refractivity contribution in [3.8, 4) is 0 Å². The maximum Gasteiger partial charge on any atom is 0.331 e. The number of aliphatic hydroxyl groups is 4. The van der Waals surface area contributed by atoms with Crippen LogP contribution in [-0.4, -0.2) is 88.6 Å². The van der Waals surface area contributed by atoms with Crippen LogP contribution in [0, 0.1) is 34.5 Å². The number of hydrogen-bond donors (Lipinski definition) is 4.